The molecule has 20 heavy (non-hydrogen) atoms. The number of nitrogens with one attached hydrogen (secondary N) is 1. The lowest BCUT2D eigenvalue weighted by molar-refractivity contribution is -0.115. The molecule has 0 heterocycles. The van der Waals surface area contributed by atoms with Crippen molar-refractivity contribution >= 4 is 32.5 Å². The Bertz CT molecular complexity index is 822. The maximum atomic E-state index is 11.4. The Balaban J connectivity index is 2.55. The summed E-state index contributed by atoms with van der Waals surface area (Å²) in [7, 11) is -4.31. The molecule has 2 aromatic rings. The molecule has 0 spiro atoms. The Morgan fingerprint density at radius 2 is 2.05 bits per heavy atom. The summed E-state index contributed by atoms with van der Waals surface area (Å²) in [5.41, 5.74) is 0.383. The van der Waals surface area contributed by atoms with Gasteiger partial charge in [-0.25, -0.2) is 0 Å². The van der Waals surface area contributed by atoms with Gasteiger partial charge in [-0.15, -0.1) is 0 Å². The van der Waals surface area contributed by atoms with Crippen molar-refractivity contribution in [2.45, 2.75) is 11.3 Å². The third kappa shape index (κ3) is 2.93. The molecule has 0 atom stereocenters. The summed E-state index contributed by atoms with van der Waals surface area (Å²) in [6, 6.07) is 10.8. The van der Waals surface area contributed by atoms with Crippen LogP contribution in [-0.4, -0.2) is 18.9 Å². The monoisotopic (exact) mass is 290 g/mol. The van der Waals surface area contributed by atoms with Gasteiger partial charge in [0.2, 0.25) is 5.91 Å². The lowest BCUT2D eigenvalue weighted by atomic mass is 10.1. The van der Waals surface area contributed by atoms with E-state index in [0.717, 1.165) is 0 Å². The molecule has 0 aromatic heterocycles. The number of nitriles is 1. The number of carbonyl (C=O) groups is 1. The Hall–Kier alpha value is -2.43. The number of carbonyl (C=O) groups excluding carboxylic acids is 1. The summed E-state index contributed by atoms with van der Waals surface area (Å²) < 4.78 is 31.3. The van der Waals surface area contributed by atoms with Gasteiger partial charge in [0.1, 0.15) is 6.42 Å². The van der Waals surface area contributed by atoms with Crippen molar-refractivity contribution in [3.05, 3.63) is 36.4 Å². The number of rotatable bonds is 3. The van der Waals surface area contributed by atoms with Crippen molar-refractivity contribution in [2.24, 2.45) is 0 Å². The largest absolute Gasteiger partial charge is 0.325 e. The molecular weight excluding hydrogens is 280 g/mol. The number of amides is 1. The zero-order valence-corrected chi connectivity index (χ0v) is 11.0. The van der Waals surface area contributed by atoms with Gasteiger partial charge in [0.15, 0.2) is 0 Å². The molecule has 2 N–H and O–H groups in total. The average Bonchev–Trinajstić information content (AvgIpc) is 2.38. The number of fused-ring (bicyclic) bond motifs is 1. The first-order valence-corrected chi connectivity index (χ1v) is 7.03. The highest BCUT2D eigenvalue weighted by molar-refractivity contribution is 7.85. The van der Waals surface area contributed by atoms with Crippen LogP contribution in [-0.2, 0) is 14.9 Å². The van der Waals surface area contributed by atoms with E-state index in [9.17, 15) is 13.2 Å². The first kappa shape index (κ1) is 14.0. The van der Waals surface area contributed by atoms with Gasteiger partial charge >= 0.3 is 0 Å². The van der Waals surface area contributed by atoms with E-state index < -0.39 is 16.0 Å². The molecule has 0 aliphatic carbocycles. The number of hydrogen-bond donors (Lipinski definition) is 2. The van der Waals surface area contributed by atoms with Crippen molar-refractivity contribution in [2.75, 3.05) is 5.32 Å². The maximum absolute atomic E-state index is 11.4. The summed E-state index contributed by atoms with van der Waals surface area (Å²) in [4.78, 5) is 11.2. The van der Waals surface area contributed by atoms with Crippen LogP contribution in [0.3, 0.4) is 0 Å². The second-order valence-corrected chi connectivity index (χ2v) is 5.47. The fourth-order valence-electron chi connectivity index (χ4n) is 1.79. The molecule has 1 amide bonds. The van der Waals surface area contributed by atoms with Gasteiger partial charge in [-0.1, -0.05) is 18.2 Å². The van der Waals surface area contributed by atoms with Gasteiger partial charge in [-0.05, 0) is 23.6 Å². The Kier molecular flexibility index (Phi) is 3.70. The van der Waals surface area contributed by atoms with Gasteiger partial charge in [0.25, 0.3) is 10.1 Å². The molecule has 102 valence electrons. The predicted octanol–water partition coefficient (Wildman–Crippen LogP) is 1.94. The van der Waals surface area contributed by atoms with Crippen molar-refractivity contribution in [3.8, 4) is 6.07 Å². The highest BCUT2D eigenvalue weighted by Gasteiger charge is 2.12. The quantitative estimate of drug-likeness (QED) is 0.840. The molecule has 0 aliphatic rings. The van der Waals surface area contributed by atoms with Crippen LogP contribution in [0.15, 0.2) is 41.3 Å². The summed E-state index contributed by atoms with van der Waals surface area (Å²) in [6.45, 7) is 0. The molecule has 0 saturated heterocycles. The molecule has 0 aliphatic heterocycles. The number of benzene rings is 2. The van der Waals surface area contributed by atoms with Gasteiger partial charge in [-0.3, -0.25) is 9.35 Å². The van der Waals surface area contributed by atoms with Crippen molar-refractivity contribution in [1.29, 1.82) is 5.26 Å². The molecule has 2 aromatic carbocycles. The van der Waals surface area contributed by atoms with E-state index >= 15 is 0 Å². The smallest absolute Gasteiger partial charge is 0.294 e. The molecule has 7 heteroatoms. The average molecular weight is 290 g/mol. The lowest BCUT2D eigenvalue weighted by Gasteiger charge is -2.08. The minimum Gasteiger partial charge on any atom is -0.325 e. The third-order valence-corrected chi connectivity index (χ3v) is 3.51. The first-order chi connectivity index (χ1) is 9.41. The van der Waals surface area contributed by atoms with E-state index in [1.54, 1.807) is 24.3 Å². The van der Waals surface area contributed by atoms with E-state index in [1.165, 1.54) is 18.2 Å². The topological polar surface area (TPSA) is 107 Å². The normalized spacial score (nSPS) is 11.0. The molecule has 0 radical (unpaired) electrons. The molecule has 0 fully saturated rings. The molecule has 0 bridgehead atoms. The van der Waals surface area contributed by atoms with E-state index in [4.69, 9.17) is 9.81 Å². The highest BCUT2D eigenvalue weighted by atomic mass is 32.2. The third-order valence-electron chi connectivity index (χ3n) is 2.67. The van der Waals surface area contributed by atoms with E-state index in [0.29, 0.717) is 16.5 Å². The van der Waals surface area contributed by atoms with Crippen molar-refractivity contribution in [1.82, 2.24) is 0 Å². The zero-order chi connectivity index (χ0) is 14.8. The van der Waals surface area contributed by atoms with Gasteiger partial charge in [0, 0.05) is 11.1 Å². The maximum Gasteiger partial charge on any atom is 0.294 e. The number of nitrogens with zero attached hydrogens (tertiary/aromatic N) is 1. The predicted molar refractivity (Wildman–Crippen MR) is 72.6 cm³/mol. The zero-order valence-electron chi connectivity index (χ0n) is 10.2. The minimum atomic E-state index is -4.31. The second-order valence-electron chi connectivity index (χ2n) is 4.05. The summed E-state index contributed by atoms with van der Waals surface area (Å²) in [5, 5.41) is 12.1. The van der Waals surface area contributed by atoms with Gasteiger partial charge in [0.05, 0.1) is 11.0 Å². The van der Waals surface area contributed by atoms with Gasteiger partial charge < -0.3 is 5.32 Å². The molecular formula is C13H10N2O4S. The van der Waals surface area contributed by atoms with Gasteiger partial charge in [-0.2, -0.15) is 13.7 Å². The van der Waals surface area contributed by atoms with Crippen LogP contribution in [0.25, 0.3) is 10.8 Å². The Morgan fingerprint density at radius 1 is 1.30 bits per heavy atom. The van der Waals surface area contributed by atoms with Crippen LogP contribution >= 0.6 is 0 Å². The van der Waals surface area contributed by atoms with Crippen LogP contribution < -0.4 is 5.32 Å². The standard InChI is InChI=1S/C13H10N2O4S/c14-7-6-13(16)15-12-3-1-2-9-4-5-10(8-11(9)12)20(17,18)19/h1-5,8H,6H2,(H,15,16)(H,17,18,19). The summed E-state index contributed by atoms with van der Waals surface area (Å²) >= 11 is 0. The fourth-order valence-corrected chi connectivity index (χ4v) is 2.29. The second kappa shape index (κ2) is 5.28. The number of hydrogen-bond acceptors (Lipinski definition) is 4. The van der Waals surface area contributed by atoms with Crippen LogP contribution in [0.1, 0.15) is 6.42 Å². The van der Waals surface area contributed by atoms with Crippen LogP contribution in [0, 0.1) is 11.3 Å². The van der Waals surface area contributed by atoms with Crippen molar-refractivity contribution < 1.29 is 17.8 Å². The highest BCUT2D eigenvalue weighted by Crippen LogP contribution is 2.26. The summed E-state index contributed by atoms with van der Waals surface area (Å²) in [6.07, 6.45) is -0.297. The van der Waals surface area contributed by atoms with Crippen LogP contribution in [0.2, 0.25) is 0 Å². The van der Waals surface area contributed by atoms with E-state index in [1.807, 2.05) is 0 Å². The fraction of sp³-hybridized carbons (Fsp3) is 0.0769. The Labute approximate surface area is 115 Å². The Morgan fingerprint density at radius 3 is 2.70 bits per heavy atom. The van der Waals surface area contributed by atoms with Crippen molar-refractivity contribution in [3.63, 3.8) is 0 Å². The van der Waals surface area contributed by atoms with Crippen LogP contribution in [0.5, 0.6) is 0 Å². The number of anilines is 1. The first-order valence-electron chi connectivity index (χ1n) is 5.59. The molecule has 0 unspecified atom stereocenters. The SMILES string of the molecule is N#CCC(=O)Nc1cccc2ccc(S(=O)(=O)O)cc12. The van der Waals surface area contributed by atoms with E-state index in [-0.39, 0.29) is 11.3 Å². The minimum absolute atomic E-state index is 0.257. The van der Waals surface area contributed by atoms with E-state index in [2.05, 4.69) is 5.32 Å². The molecule has 2 rings (SSSR count). The summed E-state index contributed by atoms with van der Waals surface area (Å²) in [5.74, 6) is -0.489. The van der Waals surface area contributed by atoms with Crippen LogP contribution in [0.4, 0.5) is 5.69 Å². The lowest BCUT2D eigenvalue weighted by Crippen LogP contribution is -2.10. The molecule has 0 saturated carbocycles. The molecule has 6 nitrogen and oxygen atoms in total.